The predicted octanol–water partition coefficient (Wildman–Crippen LogP) is 21.6. The zero-order chi connectivity index (χ0) is 115. The Labute approximate surface area is 896 Å². The number of carboxylic acid groups (broad SMARTS) is 2. The van der Waals surface area contributed by atoms with E-state index in [1.165, 1.54) is 0 Å². The van der Waals surface area contributed by atoms with Crippen LogP contribution in [0.1, 0.15) is 319 Å². The Morgan fingerprint density at radius 3 is 0.867 bits per heavy atom. The van der Waals surface area contributed by atoms with Gasteiger partial charge in [-0.1, -0.05) is 133 Å². The average Bonchev–Trinajstić information content (AvgIpc) is 0.832. The number of aliphatic hydroxyl groups is 1. The van der Waals surface area contributed by atoms with Crippen molar-refractivity contribution in [2.45, 2.75) is 418 Å². The van der Waals surface area contributed by atoms with Crippen molar-refractivity contribution in [3.63, 3.8) is 0 Å². The lowest BCUT2D eigenvalue weighted by Gasteiger charge is -2.36. The zero-order valence-corrected chi connectivity index (χ0v) is 98.1. The lowest BCUT2D eigenvalue weighted by molar-refractivity contribution is -0.408. The minimum Gasteiger partial charge on any atom is -0.481 e. The van der Waals surface area contributed by atoms with Crippen LogP contribution >= 0.6 is 12.4 Å². The smallest absolute Gasteiger partial charge is 0.408 e. The predicted molar refractivity (Wildman–Crippen MR) is 584 cm³/mol. The Balaban J connectivity index is 0. The van der Waals surface area contributed by atoms with Gasteiger partial charge in [0.2, 0.25) is 23.6 Å². The molecule has 5 aromatic rings. The van der Waals surface area contributed by atoms with Crippen LogP contribution in [0.3, 0.4) is 0 Å². The number of aliphatic carboxylic acids is 2. The lowest BCUT2D eigenvalue weighted by Crippen LogP contribution is -2.65. The number of amides is 5. The second-order valence-electron chi connectivity index (χ2n) is 47.0. The number of halogens is 3. The van der Waals surface area contributed by atoms with Crippen LogP contribution in [-0.4, -0.2) is 172 Å². The molecule has 0 aromatic heterocycles. The molecule has 0 aliphatic heterocycles. The fourth-order valence-electron chi connectivity index (χ4n) is 12.0. The summed E-state index contributed by atoms with van der Waals surface area (Å²) in [4.78, 5) is 169. The van der Waals surface area contributed by atoms with Gasteiger partial charge < -0.3 is 100 Å². The third-order valence-electron chi connectivity index (χ3n) is 21.4. The summed E-state index contributed by atoms with van der Waals surface area (Å²) in [7, 11) is -3.62. The normalized spacial score (nSPS) is 12.9. The van der Waals surface area contributed by atoms with E-state index in [1.807, 2.05) is 48.5 Å². The molecule has 846 valence electrons. The first-order valence-electron chi connectivity index (χ1n) is 50.1. The molecule has 0 bridgehead atoms. The van der Waals surface area contributed by atoms with Gasteiger partial charge >= 0.3 is 59.8 Å². The van der Waals surface area contributed by atoms with Crippen molar-refractivity contribution in [1.29, 1.82) is 0 Å². The number of carbonyl (C=O) groups excluding carboxylic acids is 12. The third kappa shape index (κ3) is 65.1. The van der Waals surface area contributed by atoms with Crippen molar-refractivity contribution in [1.82, 2.24) is 5.32 Å². The van der Waals surface area contributed by atoms with Crippen molar-refractivity contribution >= 4 is 141 Å². The number of hydrogen-bond acceptors (Lipinski definition) is 26. The summed E-state index contributed by atoms with van der Waals surface area (Å²) in [5, 5.41) is 40.2. The van der Waals surface area contributed by atoms with E-state index in [0.717, 1.165) is 16.8 Å². The number of ether oxygens (including phenoxy) is 8. The SMILES string of the molecule is CC(C)(C)OC(=O)CC(CCC(=O)Nc1ccccc1CF)C(=O)OC(C)(C)C.CC(C)(C)OC(=O)CC(CCC(=O)Nc1ccccc1CO)C(=O)OC(C)(C)C.CC(C)(C)OC(=O)CC(CCC(=O)Nc1ccccc1CO[Si](C)(C)C(C)(C)C)C(=O)OC(C)(C)C.CC(C)(C)OC(=O)NC(CCC(=O)O)C(=O)OC(C)(C)C.CC(C)(C)[Si](C)(C)OCc1ccccc1N.Cl.[NH3+]C(CCC(=O)Nc1ccccc1CF)C(=O)O. The summed E-state index contributed by atoms with van der Waals surface area (Å²) >= 11 is 0. The Morgan fingerprint density at radius 1 is 0.340 bits per heavy atom. The molecule has 39 heteroatoms. The largest absolute Gasteiger partial charge is 0.481 e. The molecule has 0 radical (unpaired) electrons. The lowest BCUT2D eigenvalue weighted by atomic mass is 9.98. The van der Waals surface area contributed by atoms with Crippen LogP contribution < -0.4 is 38.1 Å². The van der Waals surface area contributed by atoms with Gasteiger partial charge in [0.15, 0.2) is 22.7 Å². The van der Waals surface area contributed by atoms with Gasteiger partial charge in [-0.25, -0.2) is 23.2 Å². The van der Waals surface area contributed by atoms with Gasteiger partial charge in [-0.3, -0.25) is 52.7 Å². The molecule has 0 saturated carbocycles. The van der Waals surface area contributed by atoms with Crippen molar-refractivity contribution in [2.75, 3.05) is 27.0 Å². The topological polar surface area (TPSA) is 506 Å². The van der Waals surface area contributed by atoms with Gasteiger partial charge in [0.05, 0.1) is 56.8 Å². The molecule has 5 unspecified atom stereocenters. The van der Waals surface area contributed by atoms with E-state index in [-0.39, 0.29) is 136 Å². The number of nitrogen functional groups attached to an aromatic ring is 1. The van der Waals surface area contributed by atoms with E-state index < -0.39 is 164 Å². The van der Waals surface area contributed by atoms with E-state index >= 15 is 0 Å². The van der Waals surface area contributed by atoms with Crippen molar-refractivity contribution in [3.8, 4) is 0 Å². The highest BCUT2D eigenvalue weighted by Crippen LogP contribution is 2.40. The van der Waals surface area contributed by atoms with Gasteiger partial charge in [-0.15, -0.1) is 12.4 Å². The second kappa shape index (κ2) is 63.9. The summed E-state index contributed by atoms with van der Waals surface area (Å²) in [6.07, 6.45) is -0.929. The molecule has 13 N–H and O–H groups in total. The number of carboxylic acids is 2. The zero-order valence-electron chi connectivity index (χ0n) is 95.2. The molecule has 0 aliphatic rings. The number of benzene rings is 5. The number of para-hydroxylation sites is 5. The van der Waals surface area contributed by atoms with Crippen LogP contribution in [0.25, 0.3) is 0 Å². The number of quaternary nitrogens is 1. The van der Waals surface area contributed by atoms with Gasteiger partial charge in [0.25, 0.3) is 0 Å². The fraction of sp³-hybridized carbons (Fsp3) is 0.604. The van der Waals surface area contributed by atoms with Gasteiger partial charge in [0.1, 0.15) is 64.2 Å². The highest BCUT2D eigenvalue weighted by atomic mass is 35.5. The molecule has 5 atom stereocenters. The molecular formula is C111H177ClF2N7O27Si2+. The highest BCUT2D eigenvalue weighted by Gasteiger charge is 2.41. The summed E-state index contributed by atoms with van der Waals surface area (Å²) in [5.41, 5.74) is 9.92. The maximum absolute atomic E-state index is 13.0. The molecule has 0 spiro atoms. The minimum atomic E-state index is -1.95. The molecule has 0 heterocycles. The molecule has 150 heavy (non-hydrogen) atoms. The van der Waals surface area contributed by atoms with Gasteiger partial charge in [0, 0.05) is 83.7 Å². The summed E-state index contributed by atoms with van der Waals surface area (Å²) in [5.74, 6) is -9.57. The van der Waals surface area contributed by atoms with Crippen LogP contribution in [0.15, 0.2) is 121 Å². The van der Waals surface area contributed by atoms with Crippen LogP contribution in [0.4, 0.5) is 42.0 Å². The first-order valence-corrected chi connectivity index (χ1v) is 55.9. The summed E-state index contributed by atoms with van der Waals surface area (Å²) < 4.78 is 80.6. The first kappa shape index (κ1) is 141. The molecule has 0 saturated heterocycles. The first-order chi connectivity index (χ1) is 67.9. The quantitative estimate of drug-likeness (QED) is 0.00753. The number of nitrogens with two attached hydrogens (primary N) is 1. The monoisotopic (exact) mass is 2170 g/mol. The number of anilines is 5. The highest BCUT2D eigenvalue weighted by molar-refractivity contribution is 6.74. The van der Waals surface area contributed by atoms with Crippen LogP contribution in [-0.2, 0) is 142 Å². The van der Waals surface area contributed by atoms with Crippen LogP contribution in [0.2, 0.25) is 36.3 Å². The van der Waals surface area contributed by atoms with Crippen molar-refractivity contribution in [3.05, 3.63) is 149 Å². The van der Waals surface area contributed by atoms with Crippen LogP contribution in [0.5, 0.6) is 0 Å². The van der Waals surface area contributed by atoms with E-state index in [4.69, 9.17) is 62.7 Å². The number of esters is 7. The Bertz CT molecular complexity index is 5000. The molecule has 5 aromatic carbocycles. The Morgan fingerprint density at radius 2 is 0.593 bits per heavy atom. The van der Waals surface area contributed by atoms with Crippen LogP contribution in [0, 0.1) is 17.8 Å². The third-order valence-corrected chi connectivity index (χ3v) is 30.4. The van der Waals surface area contributed by atoms with E-state index in [1.54, 1.807) is 239 Å². The Kier molecular flexibility index (Phi) is 59.9. The van der Waals surface area contributed by atoms with Gasteiger partial charge in [-0.05, 0) is 270 Å². The Hall–Kier alpha value is -11.3. The van der Waals surface area contributed by atoms with E-state index in [0.29, 0.717) is 52.7 Å². The number of aliphatic hydroxyl groups excluding tert-OH is 1. The number of rotatable bonds is 40. The number of hydrogen-bond donors (Lipinski definition) is 10. The maximum Gasteiger partial charge on any atom is 0.408 e. The standard InChI is InChI=1S/C28H47NO6Si.C22H32FNO5.C22H33NO6.C14H25NO6.C13H23NOSi.C12H15FN2O3.ClH/c1-26(2,3)34-24(31)18-20(25(32)35-27(4,5)6)16-17-23(30)29-22-15-13-12-14-21(22)19-33-36(10,11)28(7,8)9;1-21(2,3)28-19(26)13-15(20(27)29-22(4,5)6)11-12-18(25)24-17-10-8-7-9-16(17)14-23;1-21(2,3)28-19(26)13-15(20(27)29-22(4,5)6)11-12-18(25)23-17-10-8-7-9-16(17)14-24;1-13(2,3)20-11(18)9(7-8-10(16)17)15-12(19)21-14(4,5)6;1-13(2,3)16(4,5)15-10-11-8-6-7-9-12(11)14;13-7-8-3-1-2-4-10(8)15-11(16)6-5-9(14)12(17)18;/h12-15,20H,16-19H2,1-11H3,(H,29,30);7-10,15H,11-14H2,1-6H3,(H,24,25);7-10,15,24H,11-14H2,1-6H3,(H,23,25);9H,7-8H2,1-6H3,(H,15,19)(H,16,17);6-9H,10,14H2,1-5H3;1-4,9H,5-7,14H2,(H,15,16)(H,17,18);1H/p+1. The average molecular weight is 2170 g/mol. The summed E-state index contributed by atoms with van der Waals surface area (Å²) in [6.45, 7) is 63.3. The molecular weight excluding hydrogens is 1990 g/mol. The minimum absolute atomic E-state index is 0. The molecule has 0 aliphatic carbocycles. The summed E-state index contributed by atoms with van der Waals surface area (Å²) in [6, 6.07) is 33.6. The number of alkyl halides is 2. The molecule has 34 nitrogen and oxygen atoms in total. The van der Waals surface area contributed by atoms with E-state index in [2.05, 4.69) is 100 Å². The van der Waals surface area contributed by atoms with Crippen molar-refractivity contribution in [2.24, 2.45) is 17.8 Å². The number of nitrogens with one attached hydrogen (secondary N) is 5. The van der Waals surface area contributed by atoms with Crippen molar-refractivity contribution < 1.29 is 144 Å². The fourth-order valence-corrected chi connectivity index (χ4v) is 13.9. The molecule has 5 amide bonds. The molecule has 0 fully saturated rings. The van der Waals surface area contributed by atoms with Gasteiger partial charge in [-0.2, -0.15) is 0 Å². The maximum atomic E-state index is 13.0. The molecule has 5 rings (SSSR count). The number of carbonyl (C=O) groups is 14. The second-order valence-corrected chi connectivity index (χ2v) is 56.6. The number of alkyl carbamates (subject to hydrolysis) is 1. The van der Waals surface area contributed by atoms with E-state index in [9.17, 15) is 81.0 Å².